The van der Waals surface area contributed by atoms with E-state index in [1.807, 2.05) is 37.3 Å². The largest absolute Gasteiger partial charge is 0.481 e. The molecule has 1 aliphatic carbocycles. The lowest BCUT2D eigenvalue weighted by molar-refractivity contribution is -0.147. The number of hydrogen-bond acceptors (Lipinski definition) is 4. The third-order valence-corrected chi connectivity index (χ3v) is 4.67. The Morgan fingerprint density at radius 2 is 2.04 bits per heavy atom. The Balaban J connectivity index is 2.21. The first-order chi connectivity index (χ1) is 11.5. The van der Waals surface area contributed by atoms with E-state index >= 15 is 0 Å². The molecule has 0 amide bonds. The minimum Gasteiger partial charge on any atom is -0.481 e. The van der Waals surface area contributed by atoms with Gasteiger partial charge in [-0.25, -0.2) is 0 Å². The van der Waals surface area contributed by atoms with Crippen molar-refractivity contribution in [3.8, 4) is 0 Å². The Hall–Kier alpha value is -2.17. The number of aliphatic carboxylic acids is 1. The molecule has 0 heterocycles. The van der Waals surface area contributed by atoms with E-state index in [4.69, 9.17) is 9.73 Å². The minimum atomic E-state index is -1.03. The molecule has 5 heteroatoms. The minimum absolute atomic E-state index is 0.0966. The van der Waals surface area contributed by atoms with Crippen LogP contribution < -0.4 is 0 Å². The number of carboxylic acid groups (broad SMARTS) is 1. The molecule has 2 rings (SSSR count). The third-order valence-electron chi connectivity index (χ3n) is 4.67. The first kappa shape index (κ1) is 18.2. The van der Waals surface area contributed by atoms with E-state index in [1.165, 1.54) is 0 Å². The average Bonchev–Trinajstić information content (AvgIpc) is 2.98. The lowest BCUT2D eigenvalue weighted by atomic mass is 9.80. The predicted molar refractivity (Wildman–Crippen MR) is 92.1 cm³/mol. The molecule has 1 N–H and O–H groups in total. The second kappa shape index (κ2) is 8.08. The van der Waals surface area contributed by atoms with Gasteiger partial charge < -0.3 is 9.84 Å². The predicted octanol–water partition coefficient (Wildman–Crippen LogP) is 3.79. The van der Waals surface area contributed by atoms with E-state index in [0.29, 0.717) is 25.2 Å². The molecular weight excluding hydrogens is 306 g/mol. The number of ether oxygens (including phenoxy) is 1. The summed E-state index contributed by atoms with van der Waals surface area (Å²) in [6, 6.07) is 9.73. The average molecular weight is 331 g/mol. The van der Waals surface area contributed by atoms with Crippen LogP contribution >= 0.6 is 0 Å². The summed E-state index contributed by atoms with van der Waals surface area (Å²) in [4.78, 5) is 28.4. The Bertz CT molecular complexity index is 611. The molecule has 2 atom stereocenters. The molecule has 0 radical (unpaired) electrons. The Morgan fingerprint density at radius 1 is 1.33 bits per heavy atom. The van der Waals surface area contributed by atoms with E-state index in [9.17, 15) is 14.7 Å². The van der Waals surface area contributed by atoms with E-state index in [0.717, 1.165) is 12.0 Å². The molecule has 0 bridgehead atoms. The summed E-state index contributed by atoms with van der Waals surface area (Å²) in [6.07, 6.45) is 2.35. The van der Waals surface area contributed by atoms with Gasteiger partial charge in [-0.05, 0) is 45.1 Å². The van der Waals surface area contributed by atoms with Crippen molar-refractivity contribution in [2.45, 2.75) is 52.0 Å². The monoisotopic (exact) mass is 331 g/mol. The van der Waals surface area contributed by atoms with Crippen LogP contribution in [0.15, 0.2) is 35.3 Å². The van der Waals surface area contributed by atoms with Gasteiger partial charge in [0.25, 0.3) is 0 Å². The SMILES string of the molecule is CCOC(=O)CC[C@@]1(C(=O)O)CCCC1=N[C@@H](C)c1ccccc1. The number of carboxylic acids is 1. The van der Waals surface area contributed by atoms with Crippen molar-refractivity contribution in [2.24, 2.45) is 10.4 Å². The van der Waals surface area contributed by atoms with Crippen molar-refractivity contribution in [2.75, 3.05) is 6.61 Å². The highest BCUT2D eigenvalue weighted by Crippen LogP contribution is 2.41. The summed E-state index contributed by atoms with van der Waals surface area (Å²) in [5.74, 6) is -1.23. The van der Waals surface area contributed by atoms with Crippen LogP contribution in [-0.2, 0) is 14.3 Å². The standard InChI is InChI=1S/C19H25NO4/c1-3-24-17(21)11-13-19(18(22)23)12-7-10-16(19)20-14(2)15-8-5-4-6-9-15/h4-6,8-9,14H,3,7,10-13H2,1-2H3,(H,22,23)/t14-,19-/m0/s1. The number of carbonyl (C=O) groups excluding carboxylic acids is 1. The summed E-state index contributed by atoms with van der Waals surface area (Å²) in [6.45, 7) is 4.03. The van der Waals surface area contributed by atoms with Crippen LogP contribution in [0.25, 0.3) is 0 Å². The van der Waals surface area contributed by atoms with Crippen molar-refractivity contribution in [3.05, 3.63) is 35.9 Å². The molecule has 24 heavy (non-hydrogen) atoms. The number of nitrogens with zero attached hydrogens (tertiary/aromatic N) is 1. The van der Waals surface area contributed by atoms with Crippen molar-refractivity contribution >= 4 is 17.7 Å². The Morgan fingerprint density at radius 3 is 2.67 bits per heavy atom. The maximum Gasteiger partial charge on any atom is 0.315 e. The first-order valence-electron chi connectivity index (χ1n) is 8.50. The zero-order valence-electron chi connectivity index (χ0n) is 14.3. The lowest BCUT2D eigenvalue weighted by Gasteiger charge is -2.25. The van der Waals surface area contributed by atoms with Crippen molar-refractivity contribution < 1.29 is 19.4 Å². The van der Waals surface area contributed by atoms with Gasteiger partial charge in [0.15, 0.2) is 0 Å². The second-order valence-electron chi connectivity index (χ2n) is 6.21. The van der Waals surface area contributed by atoms with Crippen molar-refractivity contribution in [1.29, 1.82) is 0 Å². The van der Waals surface area contributed by atoms with Crippen LogP contribution in [0, 0.1) is 5.41 Å². The zero-order valence-corrected chi connectivity index (χ0v) is 14.3. The van der Waals surface area contributed by atoms with Gasteiger partial charge in [-0.3, -0.25) is 14.6 Å². The van der Waals surface area contributed by atoms with Gasteiger partial charge in [0, 0.05) is 12.1 Å². The topological polar surface area (TPSA) is 76.0 Å². The Kier molecular flexibility index (Phi) is 6.12. The first-order valence-corrected chi connectivity index (χ1v) is 8.50. The smallest absolute Gasteiger partial charge is 0.315 e. The van der Waals surface area contributed by atoms with Gasteiger partial charge in [0.05, 0.1) is 12.6 Å². The van der Waals surface area contributed by atoms with Crippen molar-refractivity contribution in [1.82, 2.24) is 0 Å². The van der Waals surface area contributed by atoms with Crippen LogP contribution in [0.3, 0.4) is 0 Å². The highest BCUT2D eigenvalue weighted by atomic mass is 16.5. The number of benzene rings is 1. The van der Waals surface area contributed by atoms with Crippen LogP contribution in [-0.4, -0.2) is 29.4 Å². The van der Waals surface area contributed by atoms with Gasteiger partial charge >= 0.3 is 11.9 Å². The highest BCUT2D eigenvalue weighted by molar-refractivity contribution is 6.07. The number of esters is 1. The fourth-order valence-corrected chi connectivity index (χ4v) is 3.32. The summed E-state index contributed by atoms with van der Waals surface area (Å²) < 4.78 is 4.94. The number of aliphatic imine (C=N–C) groups is 1. The number of rotatable bonds is 7. The van der Waals surface area contributed by atoms with Gasteiger partial charge in [0.2, 0.25) is 0 Å². The molecule has 130 valence electrons. The van der Waals surface area contributed by atoms with Crippen LogP contribution in [0.4, 0.5) is 0 Å². The molecular formula is C19H25NO4. The number of carbonyl (C=O) groups is 2. The molecule has 1 aromatic carbocycles. The van der Waals surface area contributed by atoms with Gasteiger partial charge in [0.1, 0.15) is 5.41 Å². The van der Waals surface area contributed by atoms with Crippen LogP contribution in [0.1, 0.15) is 57.6 Å². The molecule has 5 nitrogen and oxygen atoms in total. The quantitative estimate of drug-likeness (QED) is 0.771. The fourth-order valence-electron chi connectivity index (χ4n) is 3.32. The summed E-state index contributed by atoms with van der Waals surface area (Å²) >= 11 is 0. The maximum absolute atomic E-state index is 12.0. The molecule has 0 unspecified atom stereocenters. The fraction of sp³-hybridized carbons (Fsp3) is 0.526. The normalized spacial score (nSPS) is 23.2. The molecule has 1 aliphatic rings. The van der Waals surface area contributed by atoms with E-state index in [2.05, 4.69) is 0 Å². The lowest BCUT2D eigenvalue weighted by Crippen LogP contribution is -2.36. The molecule has 1 saturated carbocycles. The summed E-state index contributed by atoms with van der Waals surface area (Å²) in [5, 5.41) is 9.83. The van der Waals surface area contributed by atoms with Crippen molar-refractivity contribution in [3.63, 3.8) is 0 Å². The zero-order chi connectivity index (χ0) is 17.6. The van der Waals surface area contributed by atoms with Crippen LogP contribution in [0.5, 0.6) is 0 Å². The molecule has 0 aromatic heterocycles. The molecule has 0 saturated heterocycles. The van der Waals surface area contributed by atoms with E-state index in [-0.39, 0.29) is 24.9 Å². The second-order valence-corrected chi connectivity index (χ2v) is 6.21. The summed E-state index contributed by atoms with van der Waals surface area (Å²) in [7, 11) is 0. The van der Waals surface area contributed by atoms with Gasteiger partial charge in [-0.2, -0.15) is 0 Å². The molecule has 1 aromatic rings. The van der Waals surface area contributed by atoms with E-state index in [1.54, 1.807) is 6.92 Å². The Labute approximate surface area is 142 Å². The number of hydrogen-bond donors (Lipinski definition) is 1. The van der Waals surface area contributed by atoms with Crippen LogP contribution in [0.2, 0.25) is 0 Å². The third kappa shape index (κ3) is 4.02. The molecule has 1 fully saturated rings. The highest BCUT2D eigenvalue weighted by Gasteiger charge is 2.47. The van der Waals surface area contributed by atoms with Gasteiger partial charge in [-0.1, -0.05) is 30.3 Å². The molecule has 0 aliphatic heterocycles. The maximum atomic E-state index is 12.0. The van der Waals surface area contributed by atoms with Gasteiger partial charge in [-0.15, -0.1) is 0 Å². The molecule has 0 spiro atoms. The van der Waals surface area contributed by atoms with E-state index < -0.39 is 11.4 Å². The summed E-state index contributed by atoms with van der Waals surface area (Å²) in [5.41, 5.74) is 0.729.